The number of piperazine rings is 1. The molecule has 1 N–H and O–H groups in total. The zero-order chi connectivity index (χ0) is 13.1. The highest BCUT2D eigenvalue weighted by Crippen LogP contribution is 2.30. The predicted molar refractivity (Wildman–Crippen MR) is 79.1 cm³/mol. The fourth-order valence-electron chi connectivity index (χ4n) is 2.22. The molecule has 116 valence electrons. The monoisotopic (exact) mass is 350 g/mol. The Hall–Kier alpha value is -0.200. The van der Waals surface area contributed by atoms with Crippen molar-refractivity contribution in [3.8, 4) is 0 Å². The molecule has 0 amide bonds. The standard InChI is InChI=1S/C12H14ClF3N2.2ClH/c13-9-5-8(6-10(14)7-9)11(12(15)16)18-3-1-17-2-4-18;;/h5-7,11-12,17H,1-4H2;2*1H/t11-;;/m0../s1. The first-order valence-electron chi connectivity index (χ1n) is 5.77. The predicted octanol–water partition coefficient (Wildman–Crippen LogP) is 3.53. The average Bonchev–Trinajstić information content (AvgIpc) is 2.28. The summed E-state index contributed by atoms with van der Waals surface area (Å²) in [4.78, 5) is 1.66. The van der Waals surface area contributed by atoms with Gasteiger partial charge in [-0.1, -0.05) is 11.6 Å². The SMILES string of the molecule is Cl.Cl.Fc1cc(Cl)cc([C@@H](C(F)F)N2CCNCC2)c1. The molecule has 20 heavy (non-hydrogen) atoms. The second-order valence-corrected chi connectivity index (χ2v) is 4.70. The van der Waals surface area contributed by atoms with Gasteiger partial charge in [0.15, 0.2) is 0 Å². The summed E-state index contributed by atoms with van der Waals surface area (Å²) in [6.07, 6.45) is -2.57. The Morgan fingerprint density at radius 3 is 2.20 bits per heavy atom. The molecule has 0 radical (unpaired) electrons. The van der Waals surface area contributed by atoms with E-state index in [1.807, 2.05) is 0 Å². The number of benzene rings is 1. The van der Waals surface area contributed by atoms with E-state index in [-0.39, 0.29) is 35.4 Å². The maximum atomic E-state index is 13.3. The molecule has 1 aromatic rings. The fraction of sp³-hybridized carbons (Fsp3) is 0.500. The van der Waals surface area contributed by atoms with Crippen molar-refractivity contribution in [3.05, 3.63) is 34.6 Å². The number of hydrogen-bond donors (Lipinski definition) is 1. The molecule has 1 aromatic carbocycles. The van der Waals surface area contributed by atoms with E-state index in [0.29, 0.717) is 26.2 Å². The molecule has 2 nitrogen and oxygen atoms in total. The van der Waals surface area contributed by atoms with Crippen molar-refractivity contribution >= 4 is 36.4 Å². The maximum absolute atomic E-state index is 13.3. The lowest BCUT2D eigenvalue weighted by Gasteiger charge is -2.34. The van der Waals surface area contributed by atoms with E-state index in [2.05, 4.69) is 5.32 Å². The van der Waals surface area contributed by atoms with Gasteiger partial charge in [-0.2, -0.15) is 0 Å². The van der Waals surface area contributed by atoms with Crippen molar-refractivity contribution in [2.24, 2.45) is 0 Å². The quantitative estimate of drug-likeness (QED) is 0.896. The highest BCUT2D eigenvalue weighted by molar-refractivity contribution is 6.30. The highest BCUT2D eigenvalue weighted by Gasteiger charge is 2.30. The molecule has 0 aromatic heterocycles. The zero-order valence-corrected chi connectivity index (χ0v) is 12.9. The number of halogens is 6. The van der Waals surface area contributed by atoms with Crippen LogP contribution in [0, 0.1) is 5.82 Å². The van der Waals surface area contributed by atoms with Crippen LogP contribution in [0.1, 0.15) is 11.6 Å². The second-order valence-electron chi connectivity index (χ2n) is 4.27. The Balaban J connectivity index is 0.00000180. The minimum Gasteiger partial charge on any atom is -0.314 e. The van der Waals surface area contributed by atoms with Gasteiger partial charge in [0.25, 0.3) is 6.43 Å². The van der Waals surface area contributed by atoms with E-state index in [1.54, 1.807) is 4.90 Å². The van der Waals surface area contributed by atoms with Crippen molar-refractivity contribution in [2.45, 2.75) is 12.5 Å². The summed E-state index contributed by atoms with van der Waals surface area (Å²) in [6, 6.07) is 2.56. The third-order valence-electron chi connectivity index (χ3n) is 3.01. The van der Waals surface area contributed by atoms with Gasteiger partial charge in [-0.05, 0) is 23.8 Å². The Bertz CT molecular complexity index is 395. The van der Waals surface area contributed by atoms with E-state index >= 15 is 0 Å². The smallest absolute Gasteiger partial charge is 0.258 e. The largest absolute Gasteiger partial charge is 0.314 e. The Morgan fingerprint density at radius 2 is 1.70 bits per heavy atom. The van der Waals surface area contributed by atoms with Gasteiger partial charge in [0, 0.05) is 31.2 Å². The van der Waals surface area contributed by atoms with Crippen molar-refractivity contribution in [2.75, 3.05) is 26.2 Å². The van der Waals surface area contributed by atoms with Gasteiger partial charge in [-0.25, -0.2) is 13.2 Å². The first kappa shape index (κ1) is 19.8. The zero-order valence-electron chi connectivity index (χ0n) is 10.5. The van der Waals surface area contributed by atoms with Crippen molar-refractivity contribution in [3.63, 3.8) is 0 Å². The van der Waals surface area contributed by atoms with Gasteiger partial charge < -0.3 is 5.32 Å². The molecule has 0 bridgehead atoms. The first-order valence-corrected chi connectivity index (χ1v) is 6.14. The van der Waals surface area contributed by atoms with Crippen molar-refractivity contribution in [1.29, 1.82) is 0 Å². The normalized spacial score (nSPS) is 17.2. The van der Waals surface area contributed by atoms with Gasteiger partial charge >= 0.3 is 0 Å². The van der Waals surface area contributed by atoms with Gasteiger partial charge in [-0.15, -0.1) is 24.8 Å². The van der Waals surface area contributed by atoms with Crippen LogP contribution < -0.4 is 5.32 Å². The molecule has 0 aliphatic carbocycles. The van der Waals surface area contributed by atoms with Crippen LogP contribution in [0.4, 0.5) is 13.2 Å². The summed E-state index contributed by atoms with van der Waals surface area (Å²) in [5, 5.41) is 3.24. The van der Waals surface area contributed by atoms with Crippen LogP contribution >= 0.6 is 36.4 Å². The van der Waals surface area contributed by atoms with Gasteiger partial charge in [0.05, 0.1) is 6.04 Å². The molecule has 1 fully saturated rings. The molecular formula is C12H16Cl3F3N2. The van der Waals surface area contributed by atoms with Gasteiger partial charge in [0.1, 0.15) is 5.82 Å². The molecule has 0 saturated carbocycles. The van der Waals surface area contributed by atoms with Gasteiger partial charge in [-0.3, -0.25) is 4.90 Å². The average molecular weight is 352 g/mol. The molecular weight excluding hydrogens is 335 g/mol. The summed E-state index contributed by atoms with van der Waals surface area (Å²) in [5.74, 6) is -0.585. The molecule has 1 heterocycles. The first-order chi connectivity index (χ1) is 8.58. The highest BCUT2D eigenvalue weighted by atomic mass is 35.5. The number of alkyl halides is 2. The van der Waals surface area contributed by atoms with Crippen LogP contribution in [0.25, 0.3) is 0 Å². The summed E-state index contributed by atoms with van der Waals surface area (Å²) in [7, 11) is 0. The van der Waals surface area contributed by atoms with Crippen LogP contribution in [0.5, 0.6) is 0 Å². The van der Waals surface area contributed by atoms with Crippen LogP contribution in [0.15, 0.2) is 18.2 Å². The van der Waals surface area contributed by atoms with E-state index < -0.39 is 18.3 Å². The lowest BCUT2D eigenvalue weighted by Crippen LogP contribution is -2.46. The van der Waals surface area contributed by atoms with Crippen molar-refractivity contribution in [1.82, 2.24) is 10.2 Å². The van der Waals surface area contributed by atoms with E-state index in [9.17, 15) is 13.2 Å². The summed E-state index contributed by atoms with van der Waals surface area (Å²) in [6.45, 7) is 2.35. The third-order valence-corrected chi connectivity index (χ3v) is 3.23. The molecule has 0 unspecified atom stereocenters. The van der Waals surface area contributed by atoms with Crippen LogP contribution in [0.3, 0.4) is 0 Å². The van der Waals surface area contributed by atoms with Crippen molar-refractivity contribution < 1.29 is 13.2 Å². The summed E-state index contributed by atoms with van der Waals surface area (Å²) >= 11 is 5.72. The molecule has 8 heteroatoms. The van der Waals surface area contributed by atoms with E-state index in [0.717, 1.165) is 12.1 Å². The Labute approximate surface area is 133 Å². The second kappa shape index (κ2) is 8.95. The number of hydrogen-bond acceptors (Lipinski definition) is 2. The van der Waals surface area contributed by atoms with E-state index in [4.69, 9.17) is 11.6 Å². The minimum atomic E-state index is -2.57. The molecule has 1 atom stereocenters. The lowest BCUT2D eigenvalue weighted by atomic mass is 10.0. The van der Waals surface area contributed by atoms with Gasteiger partial charge in [0.2, 0.25) is 0 Å². The van der Waals surface area contributed by atoms with Crippen LogP contribution in [0.2, 0.25) is 5.02 Å². The van der Waals surface area contributed by atoms with E-state index in [1.165, 1.54) is 6.07 Å². The number of nitrogens with zero attached hydrogens (tertiary/aromatic N) is 1. The fourth-order valence-corrected chi connectivity index (χ4v) is 2.45. The lowest BCUT2D eigenvalue weighted by molar-refractivity contribution is 0.0180. The topological polar surface area (TPSA) is 15.3 Å². The third kappa shape index (κ3) is 4.97. The van der Waals surface area contributed by atoms with Crippen LogP contribution in [-0.4, -0.2) is 37.5 Å². The molecule has 1 aliphatic heterocycles. The number of nitrogens with one attached hydrogen (secondary N) is 1. The van der Waals surface area contributed by atoms with Crippen LogP contribution in [-0.2, 0) is 0 Å². The summed E-state index contributed by atoms with van der Waals surface area (Å²) < 4.78 is 39.7. The minimum absolute atomic E-state index is 0. The Morgan fingerprint density at radius 1 is 1.10 bits per heavy atom. The molecule has 1 aliphatic rings. The summed E-state index contributed by atoms with van der Waals surface area (Å²) in [5.41, 5.74) is 0.233. The molecule has 0 spiro atoms. The molecule has 1 saturated heterocycles. The molecule has 2 rings (SSSR count). The Kier molecular flexibility index (Phi) is 8.86. The maximum Gasteiger partial charge on any atom is 0.258 e. The number of rotatable bonds is 3.